The number of hydrogen-bond donors (Lipinski definition) is 0. The predicted molar refractivity (Wildman–Crippen MR) is 71.0 cm³/mol. The van der Waals surface area contributed by atoms with Crippen molar-refractivity contribution in [2.24, 2.45) is 0 Å². The van der Waals surface area contributed by atoms with Gasteiger partial charge in [0.25, 0.3) is 0 Å². The van der Waals surface area contributed by atoms with Crippen LogP contribution in [0.5, 0.6) is 0 Å². The van der Waals surface area contributed by atoms with E-state index in [0.717, 1.165) is 35.9 Å². The van der Waals surface area contributed by atoms with Gasteiger partial charge in [0.15, 0.2) is 10.8 Å². The van der Waals surface area contributed by atoms with E-state index in [2.05, 4.69) is 23.7 Å². The maximum absolute atomic E-state index is 11.5. The highest BCUT2D eigenvalue weighted by Gasteiger charge is 2.18. The van der Waals surface area contributed by atoms with Crippen LogP contribution in [0.15, 0.2) is 0 Å². The zero-order valence-corrected chi connectivity index (χ0v) is 11.8. The topological polar surface area (TPSA) is 42.4 Å². The molecule has 0 saturated carbocycles. The molecule has 1 aromatic rings. The van der Waals surface area contributed by atoms with Gasteiger partial charge in [-0.05, 0) is 20.3 Å². The monoisotopic (exact) mass is 256 g/mol. The minimum atomic E-state index is -0.350. The zero-order valence-electron chi connectivity index (χ0n) is 10.9. The van der Waals surface area contributed by atoms with Crippen molar-refractivity contribution in [2.45, 2.75) is 33.6 Å². The number of anilines is 1. The van der Waals surface area contributed by atoms with E-state index in [4.69, 9.17) is 4.74 Å². The van der Waals surface area contributed by atoms with Gasteiger partial charge in [-0.1, -0.05) is 13.3 Å². The molecule has 0 unspecified atom stereocenters. The Hall–Kier alpha value is -1.10. The molecule has 17 heavy (non-hydrogen) atoms. The quantitative estimate of drug-likeness (QED) is 0.734. The van der Waals surface area contributed by atoms with Crippen LogP contribution in [0.2, 0.25) is 0 Å². The second kappa shape index (κ2) is 6.59. The number of rotatable bonds is 6. The van der Waals surface area contributed by atoms with Gasteiger partial charge >= 0.3 is 5.97 Å². The van der Waals surface area contributed by atoms with Crippen LogP contribution in [-0.2, 0) is 4.74 Å². The van der Waals surface area contributed by atoms with Crippen LogP contribution in [0.4, 0.5) is 5.13 Å². The maximum Gasteiger partial charge on any atom is 0.357 e. The molecule has 0 spiro atoms. The number of methoxy groups -OCH3 is 1. The third kappa shape index (κ3) is 3.43. The molecule has 0 radical (unpaired) electrons. The molecule has 5 heteroatoms. The van der Waals surface area contributed by atoms with Crippen molar-refractivity contribution in [3.8, 4) is 0 Å². The van der Waals surface area contributed by atoms with E-state index in [0.29, 0.717) is 5.69 Å². The fraction of sp³-hybridized carbons (Fsp3) is 0.667. The Bertz CT molecular complexity index is 377. The van der Waals surface area contributed by atoms with Gasteiger partial charge < -0.3 is 9.64 Å². The summed E-state index contributed by atoms with van der Waals surface area (Å²) in [6.45, 7) is 8.07. The van der Waals surface area contributed by atoms with Gasteiger partial charge in [-0.2, -0.15) is 0 Å². The lowest BCUT2D eigenvalue weighted by molar-refractivity contribution is 0.0594. The molecule has 1 heterocycles. The number of aryl methyl sites for hydroxylation is 1. The molecule has 0 atom stereocenters. The average Bonchev–Trinajstić information content (AvgIpc) is 2.71. The van der Waals surface area contributed by atoms with Crippen molar-refractivity contribution in [2.75, 3.05) is 25.1 Å². The Morgan fingerprint density at radius 1 is 1.47 bits per heavy atom. The first-order valence-electron chi connectivity index (χ1n) is 5.94. The number of aromatic nitrogens is 1. The van der Waals surface area contributed by atoms with Crippen LogP contribution < -0.4 is 4.90 Å². The molecule has 0 aliphatic heterocycles. The second-order valence-corrected chi connectivity index (χ2v) is 5.01. The molecule has 1 aromatic heterocycles. The summed E-state index contributed by atoms with van der Waals surface area (Å²) in [5, 5.41) is 0.916. The number of unbranched alkanes of at least 4 members (excludes halogenated alkanes) is 1. The lowest BCUT2D eigenvalue weighted by Gasteiger charge is -2.18. The summed E-state index contributed by atoms with van der Waals surface area (Å²) in [5.41, 5.74) is 0.447. The first kappa shape index (κ1) is 14.0. The Kier molecular flexibility index (Phi) is 5.41. The highest BCUT2D eigenvalue weighted by Crippen LogP contribution is 2.26. The maximum atomic E-state index is 11.5. The van der Waals surface area contributed by atoms with Crippen LogP contribution in [0.1, 0.15) is 42.1 Å². The lowest BCUT2D eigenvalue weighted by atomic mass is 10.3. The Labute approximate surface area is 107 Å². The highest BCUT2D eigenvalue weighted by molar-refractivity contribution is 7.15. The number of hydrogen-bond acceptors (Lipinski definition) is 5. The summed E-state index contributed by atoms with van der Waals surface area (Å²) in [6.07, 6.45) is 2.30. The molecule has 0 aliphatic carbocycles. The Morgan fingerprint density at radius 3 is 2.71 bits per heavy atom. The summed E-state index contributed by atoms with van der Waals surface area (Å²) in [6, 6.07) is 0. The van der Waals surface area contributed by atoms with Crippen LogP contribution >= 0.6 is 11.3 Å². The number of ether oxygens (including phenoxy) is 1. The molecule has 0 saturated heterocycles. The molecular formula is C12H20N2O2S. The molecule has 0 N–H and O–H groups in total. The standard InChI is InChI=1S/C12H20N2O2S/c1-5-7-8-14(6-2)12-13-10(9(3)17-12)11(15)16-4/h5-8H2,1-4H3. The third-order valence-electron chi connectivity index (χ3n) is 2.60. The van der Waals surface area contributed by atoms with Crippen molar-refractivity contribution in [3.63, 3.8) is 0 Å². The minimum Gasteiger partial charge on any atom is -0.464 e. The van der Waals surface area contributed by atoms with E-state index in [1.807, 2.05) is 6.92 Å². The normalized spacial score (nSPS) is 10.4. The van der Waals surface area contributed by atoms with Gasteiger partial charge in [0.05, 0.1) is 7.11 Å². The summed E-state index contributed by atoms with van der Waals surface area (Å²) >= 11 is 1.56. The van der Waals surface area contributed by atoms with Crippen molar-refractivity contribution in [1.29, 1.82) is 0 Å². The fourth-order valence-electron chi connectivity index (χ4n) is 1.54. The van der Waals surface area contributed by atoms with E-state index >= 15 is 0 Å². The number of thiazole rings is 1. The van der Waals surface area contributed by atoms with Crippen LogP contribution in [-0.4, -0.2) is 31.2 Å². The molecule has 0 aliphatic rings. The zero-order chi connectivity index (χ0) is 12.8. The second-order valence-electron chi connectivity index (χ2n) is 3.83. The molecule has 96 valence electrons. The van der Waals surface area contributed by atoms with E-state index in [1.54, 1.807) is 11.3 Å². The molecule has 0 aromatic carbocycles. The molecule has 0 amide bonds. The number of carbonyl (C=O) groups is 1. The van der Waals surface area contributed by atoms with Crippen LogP contribution in [0, 0.1) is 6.92 Å². The third-order valence-corrected chi connectivity index (χ3v) is 3.63. The lowest BCUT2D eigenvalue weighted by Crippen LogP contribution is -2.23. The van der Waals surface area contributed by atoms with Gasteiger partial charge in [-0.25, -0.2) is 9.78 Å². The molecule has 4 nitrogen and oxygen atoms in total. The summed E-state index contributed by atoms with van der Waals surface area (Å²) in [4.78, 5) is 19.0. The molecule has 0 bridgehead atoms. The molecule has 0 fully saturated rings. The summed E-state index contributed by atoms with van der Waals surface area (Å²) in [7, 11) is 1.38. The Morgan fingerprint density at radius 2 is 2.18 bits per heavy atom. The van der Waals surface area contributed by atoms with Crippen molar-refractivity contribution < 1.29 is 9.53 Å². The van der Waals surface area contributed by atoms with Gasteiger partial charge in [0.1, 0.15) is 0 Å². The van der Waals surface area contributed by atoms with Crippen LogP contribution in [0.25, 0.3) is 0 Å². The number of carbonyl (C=O) groups excluding carboxylic acids is 1. The van der Waals surface area contributed by atoms with Crippen molar-refractivity contribution >= 4 is 22.4 Å². The van der Waals surface area contributed by atoms with E-state index in [-0.39, 0.29) is 5.97 Å². The van der Waals surface area contributed by atoms with Gasteiger partial charge in [0.2, 0.25) is 0 Å². The molecular weight excluding hydrogens is 236 g/mol. The first-order valence-corrected chi connectivity index (χ1v) is 6.76. The fourth-order valence-corrected chi connectivity index (χ4v) is 2.53. The minimum absolute atomic E-state index is 0.350. The largest absolute Gasteiger partial charge is 0.464 e. The van der Waals surface area contributed by atoms with E-state index < -0.39 is 0 Å². The SMILES string of the molecule is CCCCN(CC)c1nc(C(=O)OC)c(C)s1. The van der Waals surface area contributed by atoms with Crippen LogP contribution in [0.3, 0.4) is 0 Å². The first-order chi connectivity index (χ1) is 8.13. The average molecular weight is 256 g/mol. The summed E-state index contributed by atoms with van der Waals surface area (Å²) < 4.78 is 4.71. The van der Waals surface area contributed by atoms with Gasteiger partial charge in [-0.15, -0.1) is 11.3 Å². The molecule has 1 rings (SSSR count). The summed E-state index contributed by atoms with van der Waals surface area (Å²) in [5.74, 6) is -0.350. The van der Waals surface area contributed by atoms with E-state index in [9.17, 15) is 4.79 Å². The van der Waals surface area contributed by atoms with E-state index in [1.165, 1.54) is 7.11 Å². The smallest absolute Gasteiger partial charge is 0.357 e. The number of esters is 1. The Balaban J connectivity index is 2.86. The highest BCUT2D eigenvalue weighted by atomic mass is 32.1. The van der Waals surface area contributed by atoms with Crippen molar-refractivity contribution in [1.82, 2.24) is 4.98 Å². The van der Waals surface area contributed by atoms with Gasteiger partial charge in [-0.3, -0.25) is 0 Å². The predicted octanol–water partition coefficient (Wildman–Crippen LogP) is 2.86. The van der Waals surface area contributed by atoms with Crippen molar-refractivity contribution in [3.05, 3.63) is 10.6 Å². The number of nitrogens with zero attached hydrogens (tertiary/aromatic N) is 2. The van der Waals surface area contributed by atoms with Gasteiger partial charge in [0, 0.05) is 18.0 Å².